The predicted octanol–water partition coefficient (Wildman–Crippen LogP) is 5.40. The molecule has 2 aromatic carbocycles. The van der Waals surface area contributed by atoms with E-state index in [1.807, 2.05) is 19.1 Å². The highest BCUT2D eigenvalue weighted by atomic mass is 79.9. The second kappa shape index (κ2) is 8.43. The summed E-state index contributed by atoms with van der Waals surface area (Å²) in [7, 11) is -2.53. The van der Waals surface area contributed by atoms with Crippen molar-refractivity contribution in [2.45, 2.75) is 32.7 Å². The first-order valence-corrected chi connectivity index (χ1v) is 11.3. The summed E-state index contributed by atoms with van der Waals surface area (Å²) in [6, 6.07) is 21.0. The molecule has 1 nitrogen and oxygen atoms in total. The number of benzene rings is 2. The third kappa shape index (κ3) is 4.69. The van der Waals surface area contributed by atoms with E-state index in [-0.39, 0.29) is 15.7 Å². The van der Waals surface area contributed by atoms with Crippen molar-refractivity contribution in [3.8, 4) is 0 Å². The lowest BCUT2D eigenvalue weighted by molar-refractivity contribution is 0.267. The molecule has 0 heterocycles. The molecule has 0 N–H and O–H groups in total. The van der Waals surface area contributed by atoms with E-state index in [1.165, 1.54) is 10.4 Å². The van der Waals surface area contributed by atoms with Crippen LogP contribution >= 0.6 is 15.9 Å². The lowest BCUT2D eigenvalue weighted by Gasteiger charge is -2.43. The molecule has 2 aromatic rings. The molecular weight excluding hydrogens is 395 g/mol. The Morgan fingerprint density at radius 2 is 1.48 bits per heavy atom. The molecule has 25 heavy (non-hydrogen) atoms. The van der Waals surface area contributed by atoms with Crippen LogP contribution in [0.3, 0.4) is 0 Å². The summed E-state index contributed by atoms with van der Waals surface area (Å²) >= 11 is 2.87. The SMILES string of the molecule is CC(/C=C(/F)Br)CO[Si](c1ccccc1)(c1ccccc1)C(C)(C)C. The Morgan fingerprint density at radius 3 is 1.84 bits per heavy atom. The van der Waals surface area contributed by atoms with Crippen molar-refractivity contribution in [2.24, 2.45) is 5.92 Å². The molecule has 0 radical (unpaired) electrons. The van der Waals surface area contributed by atoms with Gasteiger partial charge in [-0.3, -0.25) is 0 Å². The maximum Gasteiger partial charge on any atom is 0.261 e. The fourth-order valence-corrected chi connectivity index (χ4v) is 8.40. The highest BCUT2D eigenvalue weighted by Crippen LogP contribution is 2.37. The van der Waals surface area contributed by atoms with Gasteiger partial charge in [0, 0.05) is 6.61 Å². The minimum atomic E-state index is -2.53. The van der Waals surface area contributed by atoms with Crippen molar-refractivity contribution in [1.29, 1.82) is 0 Å². The fraction of sp³-hybridized carbons (Fsp3) is 0.333. The fourth-order valence-electron chi connectivity index (χ4n) is 3.28. The van der Waals surface area contributed by atoms with Gasteiger partial charge >= 0.3 is 0 Å². The van der Waals surface area contributed by atoms with Crippen LogP contribution in [0.1, 0.15) is 27.7 Å². The summed E-state index contributed by atoms with van der Waals surface area (Å²) in [4.78, 5) is 0. The van der Waals surface area contributed by atoms with E-state index in [0.29, 0.717) is 6.61 Å². The first kappa shape index (κ1) is 20.1. The Labute approximate surface area is 160 Å². The Morgan fingerprint density at radius 1 is 1.04 bits per heavy atom. The summed E-state index contributed by atoms with van der Waals surface area (Å²) in [5.41, 5.74) is 0. The highest BCUT2D eigenvalue weighted by molar-refractivity contribution is 9.11. The van der Waals surface area contributed by atoms with Crippen molar-refractivity contribution in [3.63, 3.8) is 0 Å². The predicted molar refractivity (Wildman–Crippen MR) is 111 cm³/mol. The second-order valence-electron chi connectivity index (χ2n) is 7.41. The van der Waals surface area contributed by atoms with E-state index in [9.17, 15) is 4.39 Å². The van der Waals surface area contributed by atoms with Crippen LogP contribution < -0.4 is 10.4 Å². The van der Waals surface area contributed by atoms with E-state index in [2.05, 4.69) is 85.2 Å². The molecule has 0 fully saturated rings. The standard InChI is InChI=1S/C21H26BrFOSi/c1-17(15-20(22)23)16-24-25(21(2,3)4,18-11-7-5-8-12-18)19-13-9-6-10-14-19/h5-15,17H,16H2,1-4H3/b20-15+. The van der Waals surface area contributed by atoms with Gasteiger partial charge in [0.2, 0.25) is 0 Å². The van der Waals surface area contributed by atoms with Gasteiger partial charge in [0.1, 0.15) is 0 Å². The van der Waals surface area contributed by atoms with Crippen molar-refractivity contribution in [3.05, 3.63) is 71.5 Å². The zero-order valence-corrected chi connectivity index (χ0v) is 17.9. The lowest BCUT2D eigenvalue weighted by Crippen LogP contribution is -2.66. The van der Waals surface area contributed by atoms with Gasteiger partial charge in [0.05, 0.1) is 0 Å². The van der Waals surface area contributed by atoms with Crippen LogP contribution in [0.4, 0.5) is 4.39 Å². The molecule has 1 unspecified atom stereocenters. The summed E-state index contributed by atoms with van der Waals surface area (Å²) in [6.45, 7) is 9.17. The van der Waals surface area contributed by atoms with Gasteiger partial charge < -0.3 is 4.43 Å². The normalized spacial score (nSPS) is 14.4. The molecule has 0 aliphatic rings. The third-order valence-electron chi connectivity index (χ3n) is 4.39. The summed E-state index contributed by atoms with van der Waals surface area (Å²) in [5.74, 6) is -0.0129. The Bertz CT molecular complexity index is 651. The van der Waals surface area contributed by atoms with E-state index in [0.717, 1.165) is 0 Å². The topological polar surface area (TPSA) is 9.23 Å². The van der Waals surface area contributed by atoms with Crippen LogP contribution in [0, 0.1) is 5.92 Å². The number of hydrogen-bond donors (Lipinski definition) is 0. The van der Waals surface area contributed by atoms with Crippen molar-refractivity contribution in [1.82, 2.24) is 0 Å². The van der Waals surface area contributed by atoms with Crippen molar-refractivity contribution >= 4 is 34.6 Å². The van der Waals surface area contributed by atoms with Gasteiger partial charge in [-0.15, -0.1) is 0 Å². The molecule has 0 saturated carbocycles. The van der Waals surface area contributed by atoms with E-state index in [4.69, 9.17) is 4.43 Å². The smallest absolute Gasteiger partial charge is 0.261 e. The van der Waals surface area contributed by atoms with Crippen LogP contribution in [0.15, 0.2) is 71.5 Å². The Hall–Kier alpha value is -1.23. The molecule has 0 aliphatic heterocycles. The van der Waals surface area contributed by atoms with Crippen LogP contribution in [0.2, 0.25) is 5.04 Å². The molecular formula is C21H26BrFOSi. The van der Waals surface area contributed by atoms with Gasteiger partial charge in [0.15, 0.2) is 4.74 Å². The van der Waals surface area contributed by atoms with Crippen LogP contribution in [0.25, 0.3) is 0 Å². The molecule has 0 aromatic heterocycles. The average Bonchev–Trinajstić information content (AvgIpc) is 2.55. The zero-order valence-electron chi connectivity index (χ0n) is 15.3. The quantitative estimate of drug-likeness (QED) is 0.567. The molecule has 134 valence electrons. The number of rotatable bonds is 6. The first-order chi connectivity index (χ1) is 11.8. The minimum absolute atomic E-state index is 0.0129. The summed E-state index contributed by atoms with van der Waals surface area (Å²) in [5, 5.41) is 2.42. The highest BCUT2D eigenvalue weighted by Gasteiger charge is 2.50. The molecule has 2 rings (SSSR count). The number of halogens is 2. The molecule has 0 bridgehead atoms. The van der Waals surface area contributed by atoms with E-state index < -0.39 is 8.32 Å². The maximum absolute atomic E-state index is 13.2. The average molecular weight is 421 g/mol. The van der Waals surface area contributed by atoms with Crippen molar-refractivity contribution in [2.75, 3.05) is 6.61 Å². The van der Waals surface area contributed by atoms with Gasteiger partial charge in [-0.2, -0.15) is 4.39 Å². The minimum Gasteiger partial charge on any atom is -0.407 e. The molecule has 0 aliphatic carbocycles. The number of hydrogen-bond acceptors (Lipinski definition) is 1. The monoisotopic (exact) mass is 420 g/mol. The maximum atomic E-state index is 13.2. The molecule has 0 saturated heterocycles. The zero-order chi connectivity index (χ0) is 18.5. The van der Waals surface area contributed by atoms with E-state index >= 15 is 0 Å². The van der Waals surface area contributed by atoms with Gasteiger partial charge in [-0.05, 0) is 43.3 Å². The Kier molecular flexibility index (Phi) is 6.77. The second-order valence-corrected chi connectivity index (χ2v) is 12.5. The van der Waals surface area contributed by atoms with Crippen LogP contribution in [-0.4, -0.2) is 14.9 Å². The molecule has 4 heteroatoms. The molecule has 0 amide bonds. The van der Waals surface area contributed by atoms with Gasteiger partial charge in [0.25, 0.3) is 8.32 Å². The largest absolute Gasteiger partial charge is 0.407 e. The molecule has 0 spiro atoms. The Balaban J connectivity index is 2.55. The molecule has 1 atom stereocenters. The van der Waals surface area contributed by atoms with Crippen LogP contribution in [-0.2, 0) is 4.43 Å². The van der Waals surface area contributed by atoms with Gasteiger partial charge in [-0.25, -0.2) is 0 Å². The van der Waals surface area contributed by atoms with Crippen LogP contribution in [0.5, 0.6) is 0 Å². The first-order valence-electron chi connectivity index (χ1n) is 8.55. The lowest BCUT2D eigenvalue weighted by atomic mass is 10.2. The summed E-state index contributed by atoms with van der Waals surface area (Å²) < 4.78 is 19.6. The third-order valence-corrected chi connectivity index (χ3v) is 9.66. The van der Waals surface area contributed by atoms with Crippen molar-refractivity contribution < 1.29 is 8.82 Å². The van der Waals surface area contributed by atoms with E-state index in [1.54, 1.807) is 6.08 Å². The summed E-state index contributed by atoms with van der Waals surface area (Å²) in [6.07, 6.45) is 1.55. The van der Waals surface area contributed by atoms with Gasteiger partial charge in [-0.1, -0.05) is 88.4 Å².